The van der Waals surface area contributed by atoms with Crippen LogP contribution in [-0.2, 0) is 0 Å². The molecule has 0 unspecified atom stereocenters. The number of likely N-dealkylation sites (N-methyl/N-ethyl adjacent to an activating group) is 1. The first-order valence-corrected chi connectivity index (χ1v) is 7.10. The topological polar surface area (TPSA) is 44.3 Å². The van der Waals surface area contributed by atoms with Gasteiger partial charge in [0.25, 0.3) is 0 Å². The van der Waals surface area contributed by atoms with Gasteiger partial charge in [-0.1, -0.05) is 13.8 Å². The van der Waals surface area contributed by atoms with Crippen LogP contribution in [0.1, 0.15) is 20.8 Å². The minimum Gasteiger partial charge on any atom is -0.354 e. The number of anilines is 2. The van der Waals surface area contributed by atoms with Crippen molar-refractivity contribution < 1.29 is 4.39 Å². The summed E-state index contributed by atoms with van der Waals surface area (Å²) in [4.78, 5) is 12.3. The maximum Gasteiger partial charge on any atom is 0.224 e. The average molecular weight is 283 g/mol. The maximum absolute atomic E-state index is 14.0. The number of rotatable bonds is 8. The van der Waals surface area contributed by atoms with Crippen LogP contribution in [0, 0.1) is 11.7 Å². The highest BCUT2D eigenvalue weighted by molar-refractivity contribution is 5.44. The van der Waals surface area contributed by atoms with E-state index in [1.54, 1.807) is 0 Å². The first-order valence-electron chi connectivity index (χ1n) is 7.10. The zero-order valence-corrected chi connectivity index (χ0v) is 13.1. The molecule has 0 saturated heterocycles. The predicted molar refractivity (Wildman–Crippen MR) is 81.8 cm³/mol. The molecule has 1 heterocycles. The Kier molecular flexibility index (Phi) is 6.64. The third kappa shape index (κ3) is 5.28. The van der Waals surface area contributed by atoms with Gasteiger partial charge < -0.3 is 15.1 Å². The molecule has 1 rings (SSSR count). The molecule has 0 atom stereocenters. The molecule has 0 aliphatic rings. The molecule has 0 saturated carbocycles. The fourth-order valence-electron chi connectivity index (χ4n) is 1.87. The molecule has 0 bridgehead atoms. The molecule has 5 nitrogen and oxygen atoms in total. The Hall–Kier alpha value is -1.43. The Labute approximate surface area is 121 Å². The minimum absolute atomic E-state index is 0.369. The standard InChI is InChI=1S/C14H26FN5/c1-6-16-14-17-9-12(15)13(18-14)20(10-11(2)3)8-7-19(4)5/h9,11H,6-8,10H2,1-5H3,(H,16,17,18). The Morgan fingerprint density at radius 3 is 2.55 bits per heavy atom. The molecule has 0 aliphatic carbocycles. The van der Waals surface area contributed by atoms with Gasteiger partial charge in [0.05, 0.1) is 6.20 Å². The summed E-state index contributed by atoms with van der Waals surface area (Å²) < 4.78 is 14.0. The van der Waals surface area contributed by atoms with Crippen molar-refractivity contribution in [2.75, 3.05) is 50.5 Å². The largest absolute Gasteiger partial charge is 0.354 e. The SMILES string of the molecule is CCNc1ncc(F)c(N(CCN(C)C)CC(C)C)n1. The zero-order valence-electron chi connectivity index (χ0n) is 13.1. The molecule has 0 spiro atoms. The van der Waals surface area contributed by atoms with Crippen molar-refractivity contribution in [3.05, 3.63) is 12.0 Å². The highest BCUT2D eigenvalue weighted by Crippen LogP contribution is 2.18. The Morgan fingerprint density at radius 2 is 2.00 bits per heavy atom. The summed E-state index contributed by atoms with van der Waals surface area (Å²) in [5.74, 6) is 0.925. The maximum atomic E-state index is 14.0. The summed E-state index contributed by atoms with van der Waals surface area (Å²) in [5, 5.41) is 3.02. The highest BCUT2D eigenvalue weighted by atomic mass is 19.1. The van der Waals surface area contributed by atoms with E-state index in [0.29, 0.717) is 24.2 Å². The summed E-state index contributed by atoms with van der Waals surface area (Å²) in [6.45, 7) is 9.28. The van der Waals surface area contributed by atoms with Crippen molar-refractivity contribution in [2.24, 2.45) is 5.92 Å². The van der Waals surface area contributed by atoms with Crippen LogP contribution in [0.3, 0.4) is 0 Å². The molecule has 0 aliphatic heterocycles. The van der Waals surface area contributed by atoms with E-state index in [1.807, 2.05) is 25.9 Å². The van der Waals surface area contributed by atoms with E-state index in [-0.39, 0.29) is 5.82 Å². The first-order chi connectivity index (χ1) is 9.43. The summed E-state index contributed by atoms with van der Waals surface area (Å²) in [6.07, 6.45) is 1.24. The van der Waals surface area contributed by atoms with E-state index in [1.165, 1.54) is 6.20 Å². The van der Waals surface area contributed by atoms with Crippen molar-refractivity contribution in [1.82, 2.24) is 14.9 Å². The molecule has 20 heavy (non-hydrogen) atoms. The molecule has 0 radical (unpaired) electrons. The van der Waals surface area contributed by atoms with Crippen LogP contribution in [0.15, 0.2) is 6.20 Å². The van der Waals surface area contributed by atoms with Gasteiger partial charge in [0.1, 0.15) is 0 Å². The van der Waals surface area contributed by atoms with Crippen molar-refractivity contribution in [3.63, 3.8) is 0 Å². The highest BCUT2D eigenvalue weighted by Gasteiger charge is 2.16. The van der Waals surface area contributed by atoms with Crippen LogP contribution in [-0.4, -0.2) is 55.1 Å². The lowest BCUT2D eigenvalue weighted by atomic mass is 10.2. The average Bonchev–Trinajstić information content (AvgIpc) is 2.36. The van der Waals surface area contributed by atoms with Crippen LogP contribution >= 0.6 is 0 Å². The van der Waals surface area contributed by atoms with Crippen molar-refractivity contribution in [2.45, 2.75) is 20.8 Å². The minimum atomic E-state index is -0.369. The van der Waals surface area contributed by atoms with E-state index < -0.39 is 0 Å². The third-order valence-electron chi connectivity index (χ3n) is 2.76. The third-order valence-corrected chi connectivity index (χ3v) is 2.76. The van der Waals surface area contributed by atoms with Gasteiger partial charge in [-0.25, -0.2) is 9.37 Å². The number of halogens is 1. The lowest BCUT2D eigenvalue weighted by Gasteiger charge is -2.27. The van der Waals surface area contributed by atoms with Gasteiger partial charge in [0.15, 0.2) is 11.6 Å². The number of hydrogen-bond donors (Lipinski definition) is 1. The molecule has 1 aromatic heterocycles. The van der Waals surface area contributed by atoms with Crippen LogP contribution in [0.4, 0.5) is 16.2 Å². The fraction of sp³-hybridized carbons (Fsp3) is 0.714. The molecule has 114 valence electrons. The quantitative estimate of drug-likeness (QED) is 0.791. The number of hydrogen-bond acceptors (Lipinski definition) is 5. The molecule has 0 amide bonds. The first kappa shape index (κ1) is 16.6. The Morgan fingerprint density at radius 1 is 1.30 bits per heavy atom. The van der Waals surface area contributed by atoms with Crippen LogP contribution in [0.5, 0.6) is 0 Å². The van der Waals surface area contributed by atoms with Gasteiger partial charge in [0, 0.05) is 26.2 Å². The normalized spacial score (nSPS) is 11.2. The second-order valence-electron chi connectivity index (χ2n) is 5.54. The molecule has 0 aromatic carbocycles. The van der Waals surface area contributed by atoms with Crippen LogP contribution < -0.4 is 10.2 Å². The van der Waals surface area contributed by atoms with Gasteiger partial charge in [-0.3, -0.25) is 0 Å². The second-order valence-corrected chi connectivity index (χ2v) is 5.54. The fourth-order valence-corrected chi connectivity index (χ4v) is 1.87. The van der Waals surface area contributed by atoms with Crippen molar-refractivity contribution >= 4 is 11.8 Å². The molecule has 0 fully saturated rings. The van der Waals surface area contributed by atoms with Gasteiger partial charge in [0.2, 0.25) is 5.95 Å². The zero-order chi connectivity index (χ0) is 15.1. The van der Waals surface area contributed by atoms with Crippen molar-refractivity contribution in [3.8, 4) is 0 Å². The molecule has 6 heteroatoms. The number of aromatic nitrogens is 2. The van der Waals surface area contributed by atoms with Gasteiger partial charge in [-0.15, -0.1) is 0 Å². The molecule has 1 aromatic rings. The number of nitrogens with one attached hydrogen (secondary N) is 1. The van der Waals surface area contributed by atoms with Crippen LogP contribution in [0.25, 0.3) is 0 Å². The van der Waals surface area contributed by atoms with E-state index in [2.05, 4.69) is 34.0 Å². The lowest BCUT2D eigenvalue weighted by Crippen LogP contribution is -2.35. The predicted octanol–water partition coefficient (Wildman–Crippen LogP) is 2.07. The van der Waals surface area contributed by atoms with Crippen LogP contribution in [0.2, 0.25) is 0 Å². The molecular formula is C14H26FN5. The monoisotopic (exact) mass is 283 g/mol. The Balaban J connectivity index is 2.95. The van der Waals surface area contributed by atoms with Gasteiger partial charge in [-0.05, 0) is 26.9 Å². The molecule has 1 N–H and O–H groups in total. The summed E-state index contributed by atoms with van der Waals surface area (Å²) in [5.41, 5.74) is 0. The van der Waals surface area contributed by atoms with E-state index in [4.69, 9.17) is 0 Å². The molecular weight excluding hydrogens is 257 g/mol. The van der Waals surface area contributed by atoms with E-state index in [9.17, 15) is 4.39 Å². The summed E-state index contributed by atoms with van der Waals surface area (Å²) in [6, 6.07) is 0. The Bertz CT molecular complexity index is 409. The van der Waals surface area contributed by atoms with E-state index >= 15 is 0 Å². The smallest absolute Gasteiger partial charge is 0.224 e. The summed E-state index contributed by atoms with van der Waals surface area (Å²) >= 11 is 0. The second kappa shape index (κ2) is 7.99. The van der Waals surface area contributed by atoms with E-state index in [0.717, 1.165) is 19.6 Å². The summed E-state index contributed by atoms with van der Waals surface area (Å²) in [7, 11) is 4.02. The van der Waals surface area contributed by atoms with Gasteiger partial charge >= 0.3 is 0 Å². The van der Waals surface area contributed by atoms with Gasteiger partial charge in [-0.2, -0.15) is 4.98 Å². The van der Waals surface area contributed by atoms with Crippen molar-refractivity contribution in [1.29, 1.82) is 0 Å². The lowest BCUT2D eigenvalue weighted by molar-refractivity contribution is 0.407. The number of nitrogens with zero attached hydrogens (tertiary/aromatic N) is 4.